The van der Waals surface area contributed by atoms with Crippen LogP contribution < -0.4 is 15.5 Å². The van der Waals surface area contributed by atoms with Gasteiger partial charge in [-0.1, -0.05) is 59.1 Å². The van der Waals surface area contributed by atoms with Crippen LogP contribution in [0.5, 0.6) is 0 Å². The lowest BCUT2D eigenvalue weighted by molar-refractivity contribution is -0.118. The minimum absolute atomic E-state index is 0.0195. The zero-order valence-corrected chi connectivity index (χ0v) is 26.8. The number of hydrogen-bond donors (Lipinski definition) is 2. The largest absolute Gasteiger partial charge is 0.353 e. The Bertz CT molecular complexity index is 1610. The first kappa shape index (κ1) is 32.4. The second kappa shape index (κ2) is 14.4. The van der Waals surface area contributed by atoms with Crippen molar-refractivity contribution in [3.8, 4) is 0 Å². The van der Waals surface area contributed by atoms with Gasteiger partial charge in [-0.2, -0.15) is 4.31 Å². The number of anilines is 3. The third kappa shape index (κ3) is 7.99. The van der Waals surface area contributed by atoms with Crippen LogP contribution in [0.25, 0.3) is 0 Å². The van der Waals surface area contributed by atoms with Gasteiger partial charge in [0, 0.05) is 58.6 Å². The number of amides is 2. The molecule has 44 heavy (non-hydrogen) atoms. The molecule has 234 valence electrons. The molecule has 2 fully saturated rings. The summed E-state index contributed by atoms with van der Waals surface area (Å²) in [5.41, 5.74) is 1.11. The number of sulfonamides is 1. The minimum atomic E-state index is -3.83. The molecule has 2 aliphatic heterocycles. The number of hydrogen-bond acceptors (Lipinski definition) is 8. The molecule has 0 unspecified atom stereocenters. The fourth-order valence-electron chi connectivity index (χ4n) is 5.09. The number of carbonyl (C=O) groups is 2. The van der Waals surface area contributed by atoms with E-state index in [0.717, 1.165) is 0 Å². The monoisotopic (exact) mass is 679 g/mol. The van der Waals surface area contributed by atoms with Gasteiger partial charge in [-0.3, -0.25) is 19.4 Å². The van der Waals surface area contributed by atoms with Gasteiger partial charge in [0.2, 0.25) is 21.8 Å². The number of para-hydroxylation sites is 2. The highest BCUT2D eigenvalue weighted by atomic mass is 35.5. The number of pyridine rings is 1. The maximum Gasteiger partial charge on any atom is 0.244 e. The number of benzene rings is 2. The van der Waals surface area contributed by atoms with Gasteiger partial charge < -0.3 is 15.5 Å². The van der Waals surface area contributed by atoms with Gasteiger partial charge >= 0.3 is 0 Å². The molecular weight excluding hydrogens is 649 g/mol. The van der Waals surface area contributed by atoms with E-state index in [1.165, 1.54) is 16.6 Å². The molecule has 2 saturated heterocycles. The van der Waals surface area contributed by atoms with Crippen LogP contribution >= 0.6 is 34.8 Å². The van der Waals surface area contributed by atoms with Crippen molar-refractivity contribution >= 4 is 73.8 Å². The number of halogens is 3. The molecule has 3 heterocycles. The smallest absolute Gasteiger partial charge is 0.244 e. The van der Waals surface area contributed by atoms with E-state index in [4.69, 9.17) is 34.8 Å². The van der Waals surface area contributed by atoms with Gasteiger partial charge in [0.25, 0.3) is 0 Å². The van der Waals surface area contributed by atoms with Gasteiger partial charge in [-0.05, 0) is 30.3 Å². The number of piperazine rings is 2. The lowest BCUT2D eigenvalue weighted by Gasteiger charge is -2.35. The number of aromatic nitrogens is 1. The molecule has 3 aromatic rings. The second-order valence-electron chi connectivity index (χ2n) is 10.5. The maximum atomic E-state index is 13.4. The average molecular weight is 681 g/mol. The third-order valence-electron chi connectivity index (χ3n) is 7.47. The first-order chi connectivity index (χ1) is 21.1. The Morgan fingerprint density at radius 2 is 1.18 bits per heavy atom. The molecule has 0 saturated carbocycles. The summed E-state index contributed by atoms with van der Waals surface area (Å²) in [5.74, 6) is 0.126. The highest BCUT2D eigenvalue weighted by Crippen LogP contribution is 2.29. The normalized spacial score (nSPS) is 16.9. The molecule has 2 amide bonds. The van der Waals surface area contributed by atoms with E-state index >= 15 is 0 Å². The topological polar surface area (TPSA) is 118 Å². The second-order valence-corrected chi connectivity index (χ2v) is 13.6. The summed E-state index contributed by atoms with van der Waals surface area (Å²) in [4.78, 5) is 35.3. The lowest BCUT2D eigenvalue weighted by atomic mass is 10.3. The predicted octanol–water partition coefficient (Wildman–Crippen LogP) is 3.75. The van der Waals surface area contributed by atoms with Crippen molar-refractivity contribution in [1.82, 2.24) is 19.1 Å². The van der Waals surface area contributed by atoms with Gasteiger partial charge in [0.05, 0.1) is 39.5 Å². The zero-order chi connectivity index (χ0) is 31.3. The van der Waals surface area contributed by atoms with E-state index in [2.05, 4.69) is 15.6 Å². The molecule has 0 aliphatic carbocycles. The van der Waals surface area contributed by atoms with Crippen LogP contribution in [0.3, 0.4) is 0 Å². The van der Waals surface area contributed by atoms with E-state index in [-0.39, 0.29) is 47.9 Å². The maximum absolute atomic E-state index is 13.4. The van der Waals surface area contributed by atoms with Crippen LogP contribution in [0.2, 0.25) is 15.1 Å². The fraction of sp³-hybridized carbons (Fsp3) is 0.345. The van der Waals surface area contributed by atoms with Gasteiger partial charge in [-0.25, -0.2) is 13.4 Å². The summed E-state index contributed by atoms with van der Waals surface area (Å²) in [6.07, 6.45) is 1.34. The standard InChI is InChI=1S/C29H32Cl3N7O4S/c30-22-5-1-3-7-25(22)34-27(40)19-36-9-13-38(14-10-36)29-24(32)17-21(18-33-29)44(42,43)39-15-11-37(12-16-39)20-28(41)35-26-8-4-2-6-23(26)31/h1-8,17-18H,9-16,19-20H2,(H,34,40)(H,35,41). The highest BCUT2D eigenvalue weighted by Gasteiger charge is 2.31. The fourth-order valence-corrected chi connectivity index (χ4v) is 7.20. The van der Waals surface area contributed by atoms with Crippen LogP contribution in [-0.4, -0.2) is 105 Å². The van der Waals surface area contributed by atoms with Crippen molar-refractivity contribution < 1.29 is 18.0 Å². The lowest BCUT2D eigenvalue weighted by Crippen LogP contribution is -2.50. The minimum Gasteiger partial charge on any atom is -0.353 e. The Hall–Kier alpha value is -2.97. The van der Waals surface area contributed by atoms with Crippen LogP contribution in [0.1, 0.15) is 0 Å². The molecule has 0 bridgehead atoms. The molecule has 1 aromatic heterocycles. The van der Waals surface area contributed by atoms with Crippen molar-refractivity contribution in [3.63, 3.8) is 0 Å². The van der Waals surface area contributed by atoms with E-state index in [0.29, 0.717) is 66.5 Å². The Morgan fingerprint density at radius 3 is 1.66 bits per heavy atom. The van der Waals surface area contributed by atoms with Crippen molar-refractivity contribution in [2.24, 2.45) is 0 Å². The molecule has 0 atom stereocenters. The first-order valence-corrected chi connectivity index (χ1v) is 16.6. The van der Waals surface area contributed by atoms with Crippen molar-refractivity contribution in [1.29, 1.82) is 0 Å². The van der Waals surface area contributed by atoms with Crippen molar-refractivity contribution in [2.45, 2.75) is 4.90 Å². The Kier molecular flexibility index (Phi) is 10.6. The van der Waals surface area contributed by atoms with E-state index in [1.807, 2.05) is 14.7 Å². The summed E-state index contributed by atoms with van der Waals surface area (Å²) in [5, 5.41) is 6.79. The van der Waals surface area contributed by atoms with Crippen molar-refractivity contribution in [3.05, 3.63) is 75.9 Å². The van der Waals surface area contributed by atoms with Gasteiger partial charge in [0.15, 0.2) is 0 Å². The van der Waals surface area contributed by atoms with E-state index in [9.17, 15) is 18.0 Å². The zero-order valence-electron chi connectivity index (χ0n) is 23.8. The quantitative estimate of drug-likeness (QED) is 0.351. The SMILES string of the molecule is O=C(CN1CCN(c2ncc(S(=O)(=O)N3CCN(CC(=O)Nc4ccccc4Cl)CC3)cc2Cl)CC1)Nc1ccccc1Cl. The summed E-state index contributed by atoms with van der Waals surface area (Å²) in [6.45, 7) is 3.96. The number of nitrogens with zero attached hydrogens (tertiary/aromatic N) is 5. The summed E-state index contributed by atoms with van der Waals surface area (Å²) in [7, 11) is -3.83. The van der Waals surface area contributed by atoms with Crippen LogP contribution in [0.4, 0.5) is 17.2 Å². The summed E-state index contributed by atoms with van der Waals surface area (Å²) in [6, 6.07) is 15.5. The van der Waals surface area contributed by atoms with Crippen LogP contribution in [0, 0.1) is 0 Å². The first-order valence-electron chi connectivity index (χ1n) is 14.0. The van der Waals surface area contributed by atoms with Crippen molar-refractivity contribution in [2.75, 3.05) is 81.0 Å². The van der Waals surface area contributed by atoms with E-state index < -0.39 is 10.0 Å². The number of carbonyl (C=O) groups excluding carboxylic acids is 2. The van der Waals surface area contributed by atoms with Crippen LogP contribution in [0.15, 0.2) is 65.7 Å². The van der Waals surface area contributed by atoms with Gasteiger partial charge in [-0.15, -0.1) is 0 Å². The molecule has 5 rings (SSSR count). The summed E-state index contributed by atoms with van der Waals surface area (Å²) < 4.78 is 28.1. The molecular formula is C29H32Cl3N7O4S. The molecule has 2 N–H and O–H groups in total. The predicted molar refractivity (Wildman–Crippen MR) is 173 cm³/mol. The molecule has 0 spiro atoms. The van der Waals surface area contributed by atoms with Crippen LogP contribution in [-0.2, 0) is 19.6 Å². The molecule has 0 radical (unpaired) electrons. The molecule has 2 aromatic carbocycles. The van der Waals surface area contributed by atoms with Gasteiger partial charge in [0.1, 0.15) is 10.7 Å². The Balaban J connectivity index is 1.11. The third-order valence-corrected chi connectivity index (χ3v) is 10.3. The van der Waals surface area contributed by atoms with E-state index in [1.54, 1.807) is 48.5 Å². The highest BCUT2D eigenvalue weighted by molar-refractivity contribution is 7.89. The summed E-state index contributed by atoms with van der Waals surface area (Å²) >= 11 is 18.8. The molecule has 2 aliphatic rings. The average Bonchev–Trinajstić information content (AvgIpc) is 3.00. The number of nitrogens with one attached hydrogen (secondary N) is 2. The molecule has 15 heteroatoms. The molecule has 11 nitrogen and oxygen atoms in total. The number of rotatable bonds is 9. The Morgan fingerprint density at radius 1 is 0.705 bits per heavy atom. The Labute approximate surface area is 271 Å².